The number of rotatable bonds is 4. The molecule has 1 aromatic carbocycles. The van der Waals surface area contributed by atoms with Crippen LogP contribution in [0.5, 0.6) is 0 Å². The lowest BCUT2D eigenvalue weighted by Gasteiger charge is -2.11. The summed E-state index contributed by atoms with van der Waals surface area (Å²) < 4.78 is 49.8. The van der Waals surface area contributed by atoms with Crippen LogP contribution in [-0.4, -0.2) is 36.4 Å². The maximum absolute atomic E-state index is 14.5. The summed E-state index contributed by atoms with van der Waals surface area (Å²) in [5.74, 6) is 0.431. The van der Waals surface area contributed by atoms with Crippen LogP contribution in [-0.2, 0) is 14.8 Å². The summed E-state index contributed by atoms with van der Waals surface area (Å²) in [4.78, 5) is 4.26. The van der Waals surface area contributed by atoms with Crippen molar-refractivity contribution in [1.29, 1.82) is 0 Å². The van der Waals surface area contributed by atoms with Crippen molar-refractivity contribution in [3.05, 3.63) is 48.2 Å². The van der Waals surface area contributed by atoms with Crippen molar-refractivity contribution in [3.63, 3.8) is 0 Å². The van der Waals surface area contributed by atoms with Crippen LogP contribution in [0.2, 0.25) is 0 Å². The van der Waals surface area contributed by atoms with Gasteiger partial charge >= 0.3 is 0 Å². The summed E-state index contributed by atoms with van der Waals surface area (Å²) >= 11 is 0. The standard InChI is InChI=1S/C16H15FN4O4S/c17-12-4-3-11(26(18,22)23)8-13(12)21-16(10-5-7-24-9-10)19-15(20-21)14-2-1-6-25-14/h1-4,6,8,10H,5,7,9H2,(H2,18,22,23)/t10-/m1/s1. The van der Waals surface area contributed by atoms with Gasteiger partial charge in [0.1, 0.15) is 17.3 Å². The molecule has 2 aromatic heterocycles. The molecule has 0 saturated carbocycles. The Hall–Kier alpha value is -2.56. The van der Waals surface area contributed by atoms with Gasteiger partial charge in [-0.2, -0.15) is 0 Å². The van der Waals surface area contributed by atoms with Crippen molar-refractivity contribution in [1.82, 2.24) is 14.8 Å². The third kappa shape index (κ3) is 3.02. The van der Waals surface area contributed by atoms with Crippen molar-refractivity contribution in [3.8, 4) is 17.3 Å². The molecule has 0 unspecified atom stereocenters. The lowest BCUT2D eigenvalue weighted by Crippen LogP contribution is -2.15. The number of nitrogens with zero attached hydrogens (tertiary/aromatic N) is 3. The Morgan fingerprint density at radius 2 is 2.15 bits per heavy atom. The molecule has 2 N–H and O–H groups in total. The fourth-order valence-corrected chi connectivity index (χ4v) is 3.38. The van der Waals surface area contributed by atoms with Crippen molar-refractivity contribution in [2.75, 3.05) is 13.2 Å². The molecular weight excluding hydrogens is 363 g/mol. The number of furan rings is 1. The molecule has 1 fully saturated rings. The van der Waals surface area contributed by atoms with E-state index in [0.29, 0.717) is 31.2 Å². The lowest BCUT2D eigenvalue weighted by molar-refractivity contribution is 0.193. The minimum atomic E-state index is -3.99. The van der Waals surface area contributed by atoms with Gasteiger partial charge in [0.15, 0.2) is 5.76 Å². The number of primary sulfonamides is 1. The van der Waals surface area contributed by atoms with Crippen LogP contribution in [0.25, 0.3) is 17.3 Å². The van der Waals surface area contributed by atoms with Gasteiger partial charge in [-0.15, -0.1) is 5.10 Å². The van der Waals surface area contributed by atoms with E-state index in [4.69, 9.17) is 14.3 Å². The molecule has 1 aliphatic rings. The molecule has 0 aliphatic carbocycles. The Labute approximate surface area is 148 Å². The van der Waals surface area contributed by atoms with Crippen LogP contribution < -0.4 is 5.14 Å². The second kappa shape index (κ2) is 6.31. The first kappa shape index (κ1) is 16.9. The van der Waals surface area contributed by atoms with Gasteiger partial charge in [-0.3, -0.25) is 0 Å². The van der Waals surface area contributed by atoms with Crippen LogP contribution in [0.1, 0.15) is 18.2 Å². The minimum absolute atomic E-state index is 0.0521. The van der Waals surface area contributed by atoms with Gasteiger partial charge in [-0.25, -0.2) is 27.6 Å². The highest BCUT2D eigenvalue weighted by Gasteiger charge is 2.27. The van der Waals surface area contributed by atoms with Crippen molar-refractivity contribution < 1.29 is 22.0 Å². The molecule has 4 rings (SSSR count). The van der Waals surface area contributed by atoms with Crippen LogP contribution in [0.15, 0.2) is 45.9 Å². The molecule has 0 radical (unpaired) electrons. The van der Waals surface area contributed by atoms with Gasteiger partial charge in [0.05, 0.1) is 17.8 Å². The fourth-order valence-electron chi connectivity index (χ4n) is 2.85. The predicted molar refractivity (Wildman–Crippen MR) is 88.6 cm³/mol. The normalized spacial score (nSPS) is 17.7. The van der Waals surface area contributed by atoms with Crippen molar-refractivity contribution >= 4 is 10.0 Å². The second-order valence-corrected chi connectivity index (χ2v) is 7.46. The zero-order valence-electron chi connectivity index (χ0n) is 13.5. The summed E-state index contributed by atoms with van der Waals surface area (Å²) in [6.07, 6.45) is 2.18. The zero-order chi connectivity index (χ0) is 18.3. The van der Waals surface area contributed by atoms with Gasteiger partial charge in [-0.1, -0.05) is 0 Å². The highest BCUT2D eigenvalue weighted by molar-refractivity contribution is 7.89. The van der Waals surface area contributed by atoms with E-state index >= 15 is 0 Å². The van der Waals surface area contributed by atoms with E-state index < -0.39 is 15.8 Å². The van der Waals surface area contributed by atoms with E-state index in [1.165, 1.54) is 10.9 Å². The Bertz CT molecular complexity index is 1040. The quantitative estimate of drug-likeness (QED) is 0.741. The maximum atomic E-state index is 14.5. The van der Waals surface area contributed by atoms with Crippen LogP contribution >= 0.6 is 0 Å². The van der Waals surface area contributed by atoms with Gasteiger partial charge in [0, 0.05) is 12.5 Å². The van der Waals surface area contributed by atoms with E-state index in [1.807, 2.05) is 0 Å². The monoisotopic (exact) mass is 378 g/mol. The molecule has 10 heteroatoms. The summed E-state index contributed by atoms with van der Waals surface area (Å²) in [5, 5.41) is 9.50. The van der Waals surface area contributed by atoms with Gasteiger partial charge < -0.3 is 9.15 Å². The summed E-state index contributed by atoms with van der Waals surface area (Å²) in [6.45, 7) is 0.986. The number of ether oxygens (including phenoxy) is 1. The predicted octanol–water partition coefficient (Wildman–Crippen LogP) is 1.82. The highest BCUT2D eigenvalue weighted by atomic mass is 32.2. The molecule has 3 aromatic rings. The topological polar surface area (TPSA) is 113 Å². The number of nitrogens with two attached hydrogens (primary N) is 1. The molecule has 1 atom stereocenters. The molecule has 136 valence electrons. The number of benzene rings is 1. The van der Waals surface area contributed by atoms with E-state index in [0.717, 1.165) is 18.2 Å². The first-order valence-electron chi connectivity index (χ1n) is 7.85. The number of hydrogen-bond donors (Lipinski definition) is 1. The first-order valence-corrected chi connectivity index (χ1v) is 9.39. The van der Waals surface area contributed by atoms with Gasteiger partial charge in [0.25, 0.3) is 0 Å². The third-order valence-electron chi connectivity index (χ3n) is 4.14. The number of halogens is 1. The minimum Gasteiger partial charge on any atom is -0.461 e. The summed E-state index contributed by atoms with van der Waals surface area (Å²) in [7, 11) is -3.99. The molecule has 0 amide bonds. The Morgan fingerprint density at radius 1 is 1.31 bits per heavy atom. The molecule has 26 heavy (non-hydrogen) atoms. The maximum Gasteiger partial charge on any atom is 0.238 e. The van der Waals surface area contributed by atoms with Gasteiger partial charge in [0.2, 0.25) is 15.8 Å². The van der Waals surface area contributed by atoms with Crippen LogP contribution in [0, 0.1) is 5.82 Å². The summed E-state index contributed by atoms with van der Waals surface area (Å²) in [5.41, 5.74) is -0.0521. The van der Waals surface area contributed by atoms with E-state index in [9.17, 15) is 12.8 Å². The summed E-state index contributed by atoms with van der Waals surface area (Å²) in [6, 6.07) is 6.67. The number of aromatic nitrogens is 3. The zero-order valence-corrected chi connectivity index (χ0v) is 14.3. The Kier molecular flexibility index (Phi) is 4.10. The molecule has 8 nitrogen and oxygen atoms in total. The van der Waals surface area contributed by atoms with E-state index in [1.54, 1.807) is 12.1 Å². The smallest absolute Gasteiger partial charge is 0.238 e. The molecular formula is C16H15FN4O4S. The number of hydrogen-bond acceptors (Lipinski definition) is 6. The first-order chi connectivity index (χ1) is 12.4. The average Bonchev–Trinajstić information content (AvgIpc) is 3.34. The van der Waals surface area contributed by atoms with E-state index in [2.05, 4.69) is 10.1 Å². The Morgan fingerprint density at radius 3 is 2.81 bits per heavy atom. The Balaban J connectivity index is 1.90. The second-order valence-electron chi connectivity index (χ2n) is 5.90. The van der Waals surface area contributed by atoms with Crippen LogP contribution in [0.3, 0.4) is 0 Å². The van der Waals surface area contributed by atoms with E-state index in [-0.39, 0.29) is 22.3 Å². The highest BCUT2D eigenvalue weighted by Crippen LogP contribution is 2.30. The lowest BCUT2D eigenvalue weighted by atomic mass is 10.1. The molecule has 3 heterocycles. The molecule has 0 bridgehead atoms. The fraction of sp³-hybridized carbons (Fsp3) is 0.250. The van der Waals surface area contributed by atoms with Crippen molar-refractivity contribution in [2.45, 2.75) is 17.2 Å². The molecule has 1 saturated heterocycles. The van der Waals surface area contributed by atoms with Gasteiger partial charge in [-0.05, 0) is 36.8 Å². The SMILES string of the molecule is NS(=O)(=O)c1ccc(F)c(-n2nc(-c3ccco3)nc2[C@@H]2CCOC2)c1. The van der Waals surface area contributed by atoms with Crippen LogP contribution in [0.4, 0.5) is 4.39 Å². The molecule has 1 aliphatic heterocycles. The molecule has 0 spiro atoms. The average molecular weight is 378 g/mol. The third-order valence-corrected chi connectivity index (χ3v) is 5.05. The number of sulfonamides is 1. The van der Waals surface area contributed by atoms with Crippen molar-refractivity contribution in [2.24, 2.45) is 5.14 Å². The largest absolute Gasteiger partial charge is 0.461 e.